The molecule has 1 fully saturated rings. The van der Waals surface area contributed by atoms with Crippen LogP contribution in [0.5, 0.6) is 0 Å². The summed E-state index contributed by atoms with van der Waals surface area (Å²) in [5.74, 6) is -0.769. The molecule has 2 rings (SSSR count). The number of allylic oxidation sites excluding steroid dienone is 2. The lowest BCUT2D eigenvalue weighted by Crippen LogP contribution is -2.13. The molecule has 1 saturated carbocycles. The van der Waals surface area contributed by atoms with Crippen molar-refractivity contribution in [3.63, 3.8) is 0 Å². The second-order valence-electron chi connectivity index (χ2n) is 7.16. The molecule has 0 aromatic rings. The average Bonchev–Trinajstić information content (AvgIpc) is 2.59. The lowest BCUT2D eigenvalue weighted by atomic mass is 9.95. The van der Waals surface area contributed by atoms with Gasteiger partial charge in [-0.3, -0.25) is 4.79 Å². The molecule has 0 aromatic heterocycles. The maximum absolute atomic E-state index is 10.3. The predicted octanol–water partition coefficient (Wildman–Crippen LogP) is 6.12. The Morgan fingerprint density at radius 3 is 1.83 bits per heavy atom. The first-order valence-corrected chi connectivity index (χ1v) is 10.2. The van der Waals surface area contributed by atoms with E-state index in [9.17, 15) is 4.79 Å². The Balaban J connectivity index is 0.000000272. The molecule has 0 bridgehead atoms. The molecule has 1 unspecified atom stereocenters. The van der Waals surface area contributed by atoms with Gasteiger partial charge in [-0.25, -0.2) is 0 Å². The number of aliphatic carboxylic acids is 1. The van der Waals surface area contributed by atoms with Crippen molar-refractivity contribution in [3.8, 4) is 0 Å². The zero-order chi connectivity index (χ0) is 17.5. The van der Waals surface area contributed by atoms with Crippen molar-refractivity contribution in [1.29, 1.82) is 0 Å². The van der Waals surface area contributed by atoms with Gasteiger partial charge in [0, 0.05) is 6.61 Å². The second-order valence-corrected chi connectivity index (χ2v) is 7.16. The maximum atomic E-state index is 10.3. The van der Waals surface area contributed by atoms with Crippen molar-refractivity contribution in [2.45, 2.75) is 103 Å². The van der Waals surface area contributed by atoms with Gasteiger partial charge in [0.2, 0.25) is 0 Å². The van der Waals surface area contributed by atoms with Crippen molar-refractivity contribution >= 4 is 5.97 Å². The van der Waals surface area contributed by atoms with Crippen molar-refractivity contribution < 1.29 is 14.6 Å². The van der Waals surface area contributed by atoms with Gasteiger partial charge in [-0.05, 0) is 39.0 Å². The molecule has 0 amide bonds. The average molecular weight is 339 g/mol. The highest BCUT2D eigenvalue weighted by molar-refractivity contribution is 5.70. The van der Waals surface area contributed by atoms with E-state index in [4.69, 9.17) is 9.84 Å². The fraction of sp³-hybridized carbons (Fsp3) is 0.857. The van der Waals surface area contributed by atoms with Crippen LogP contribution in [-0.2, 0) is 9.53 Å². The molecule has 0 spiro atoms. The first-order valence-electron chi connectivity index (χ1n) is 10.2. The minimum atomic E-state index is -0.653. The molecule has 2 aliphatic rings. The van der Waals surface area contributed by atoms with E-state index in [-0.39, 0.29) is 5.92 Å². The maximum Gasteiger partial charge on any atom is 0.306 e. The van der Waals surface area contributed by atoms with Crippen LogP contribution in [0.25, 0.3) is 0 Å². The summed E-state index contributed by atoms with van der Waals surface area (Å²) >= 11 is 0. The number of hydrogen-bond donors (Lipinski definition) is 1. The summed E-state index contributed by atoms with van der Waals surface area (Å²) in [6, 6.07) is 0. The molecule has 0 aliphatic heterocycles. The minimum Gasteiger partial charge on any atom is -0.481 e. The van der Waals surface area contributed by atoms with Crippen LogP contribution in [0.15, 0.2) is 12.2 Å². The highest BCUT2D eigenvalue weighted by Gasteiger charge is 2.16. The van der Waals surface area contributed by atoms with Crippen molar-refractivity contribution in [2.75, 3.05) is 6.61 Å². The van der Waals surface area contributed by atoms with E-state index in [1.165, 1.54) is 70.6 Å². The first-order chi connectivity index (χ1) is 11.7. The third-order valence-electron chi connectivity index (χ3n) is 5.07. The molecule has 0 radical (unpaired) electrons. The van der Waals surface area contributed by atoms with Gasteiger partial charge < -0.3 is 9.84 Å². The summed E-state index contributed by atoms with van der Waals surface area (Å²) in [6.07, 6.45) is 22.5. The van der Waals surface area contributed by atoms with E-state index in [0.29, 0.717) is 6.10 Å². The SMILES string of the molecule is CCOC1CCCCCCCCCCC1.O=C(O)C1CC=CCC1. The van der Waals surface area contributed by atoms with Crippen LogP contribution in [0.1, 0.15) is 96.8 Å². The fourth-order valence-electron chi connectivity index (χ4n) is 3.55. The Labute approximate surface area is 148 Å². The van der Waals surface area contributed by atoms with Gasteiger partial charge in [0.25, 0.3) is 0 Å². The molecular formula is C21H38O3. The molecule has 3 nitrogen and oxygen atoms in total. The summed E-state index contributed by atoms with van der Waals surface area (Å²) in [5, 5.41) is 8.50. The Morgan fingerprint density at radius 1 is 0.917 bits per heavy atom. The van der Waals surface area contributed by atoms with Crippen LogP contribution in [0.3, 0.4) is 0 Å². The fourth-order valence-corrected chi connectivity index (χ4v) is 3.55. The van der Waals surface area contributed by atoms with E-state index in [0.717, 1.165) is 25.9 Å². The molecule has 24 heavy (non-hydrogen) atoms. The van der Waals surface area contributed by atoms with Gasteiger partial charge in [-0.1, -0.05) is 69.9 Å². The lowest BCUT2D eigenvalue weighted by molar-refractivity contribution is -0.141. The highest BCUT2D eigenvalue weighted by Crippen LogP contribution is 2.19. The Bertz CT molecular complexity index is 326. The number of carboxylic acid groups (broad SMARTS) is 1. The standard InChI is InChI=1S/C14H28O.C7H10O2/c1-2-15-14-12-10-8-6-4-3-5-7-9-11-13-14;8-7(9)6-4-2-1-3-5-6/h14H,2-13H2,1H3;1-2,6H,3-5H2,(H,8,9). The minimum absolute atomic E-state index is 0.116. The number of carbonyl (C=O) groups is 1. The number of ether oxygens (including phenoxy) is 1. The summed E-state index contributed by atoms with van der Waals surface area (Å²) in [4.78, 5) is 10.3. The highest BCUT2D eigenvalue weighted by atomic mass is 16.5. The van der Waals surface area contributed by atoms with E-state index < -0.39 is 5.97 Å². The predicted molar refractivity (Wildman–Crippen MR) is 100 cm³/mol. The van der Waals surface area contributed by atoms with E-state index in [1.54, 1.807) is 0 Å². The molecule has 1 atom stereocenters. The first kappa shape index (κ1) is 21.2. The molecule has 140 valence electrons. The molecule has 0 saturated heterocycles. The number of hydrogen-bond acceptors (Lipinski definition) is 2. The topological polar surface area (TPSA) is 46.5 Å². The van der Waals surface area contributed by atoms with Gasteiger partial charge in [0.05, 0.1) is 12.0 Å². The van der Waals surface area contributed by atoms with Crippen LogP contribution < -0.4 is 0 Å². The van der Waals surface area contributed by atoms with Crippen LogP contribution in [0.2, 0.25) is 0 Å². The summed E-state index contributed by atoms with van der Waals surface area (Å²) in [6.45, 7) is 3.01. The van der Waals surface area contributed by atoms with Crippen LogP contribution in [0, 0.1) is 5.92 Å². The summed E-state index contributed by atoms with van der Waals surface area (Å²) < 4.78 is 5.79. The Kier molecular flexibility index (Phi) is 12.8. The number of carboxylic acids is 1. The van der Waals surface area contributed by atoms with Gasteiger partial charge >= 0.3 is 5.97 Å². The molecule has 0 aromatic carbocycles. The number of rotatable bonds is 3. The van der Waals surface area contributed by atoms with E-state index in [1.807, 2.05) is 12.2 Å². The normalized spacial score (nSPS) is 24.1. The molecular weight excluding hydrogens is 300 g/mol. The second kappa shape index (κ2) is 14.5. The molecule has 0 heterocycles. The smallest absolute Gasteiger partial charge is 0.306 e. The summed E-state index contributed by atoms with van der Waals surface area (Å²) in [7, 11) is 0. The van der Waals surface area contributed by atoms with E-state index in [2.05, 4.69) is 6.92 Å². The lowest BCUT2D eigenvalue weighted by Gasteiger charge is -2.17. The van der Waals surface area contributed by atoms with Crippen molar-refractivity contribution in [3.05, 3.63) is 12.2 Å². The van der Waals surface area contributed by atoms with Crippen LogP contribution >= 0.6 is 0 Å². The van der Waals surface area contributed by atoms with Crippen LogP contribution in [0.4, 0.5) is 0 Å². The van der Waals surface area contributed by atoms with Gasteiger partial charge in [0.1, 0.15) is 0 Å². The third kappa shape index (κ3) is 10.9. The zero-order valence-corrected chi connectivity index (χ0v) is 15.7. The van der Waals surface area contributed by atoms with Crippen LogP contribution in [-0.4, -0.2) is 23.8 Å². The zero-order valence-electron chi connectivity index (χ0n) is 15.7. The van der Waals surface area contributed by atoms with Gasteiger partial charge in [-0.15, -0.1) is 0 Å². The molecule has 3 heteroatoms. The van der Waals surface area contributed by atoms with Crippen molar-refractivity contribution in [1.82, 2.24) is 0 Å². The molecule has 1 N–H and O–H groups in total. The largest absolute Gasteiger partial charge is 0.481 e. The van der Waals surface area contributed by atoms with Gasteiger partial charge in [0.15, 0.2) is 0 Å². The van der Waals surface area contributed by atoms with E-state index >= 15 is 0 Å². The Hall–Kier alpha value is -0.830. The Morgan fingerprint density at radius 2 is 1.46 bits per heavy atom. The summed E-state index contributed by atoms with van der Waals surface area (Å²) in [5.41, 5.74) is 0. The van der Waals surface area contributed by atoms with Crippen molar-refractivity contribution in [2.24, 2.45) is 5.92 Å². The quantitative estimate of drug-likeness (QED) is 0.630. The van der Waals surface area contributed by atoms with Gasteiger partial charge in [-0.2, -0.15) is 0 Å². The monoisotopic (exact) mass is 338 g/mol. The molecule has 2 aliphatic carbocycles. The third-order valence-corrected chi connectivity index (χ3v) is 5.07.